The summed E-state index contributed by atoms with van der Waals surface area (Å²) in [5.74, 6) is -0.698. The minimum atomic E-state index is -3.72. The molecule has 2 aromatic heterocycles. The van der Waals surface area contributed by atoms with Crippen molar-refractivity contribution < 1.29 is 22.7 Å². The van der Waals surface area contributed by atoms with Gasteiger partial charge in [0, 0.05) is 55.2 Å². The van der Waals surface area contributed by atoms with Crippen molar-refractivity contribution in [2.45, 2.75) is 4.21 Å². The number of rotatable bonds is 5. The largest absolute Gasteiger partial charge is 0.465 e. The molecule has 10 heteroatoms. The van der Waals surface area contributed by atoms with Gasteiger partial charge in [0.2, 0.25) is 0 Å². The molecule has 1 amide bonds. The van der Waals surface area contributed by atoms with Crippen LogP contribution in [0.5, 0.6) is 0 Å². The maximum atomic E-state index is 12.9. The Morgan fingerprint density at radius 1 is 0.968 bits per heavy atom. The smallest absolute Gasteiger partial charge is 0.338 e. The molecule has 0 unspecified atom stereocenters. The third kappa shape index (κ3) is 4.27. The van der Waals surface area contributed by atoms with Crippen LogP contribution < -0.4 is 0 Å². The molecule has 1 aliphatic rings. The Morgan fingerprint density at radius 2 is 1.61 bits per heavy atom. The number of hydrogen-bond acceptors (Lipinski definition) is 6. The third-order valence-corrected chi connectivity index (χ3v) is 8.45. The van der Waals surface area contributed by atoms with Crippen molar-refractivity contribution in [3.05, 3.63) is 71.4 Å². The Bertz CT molecular complexity index is 1180. The van der Waals surface area contributed by atoms with Gasteiger partial charge >= 0.3 is 5.97 Å². The molecule has 3 aromatic rings. The number of sulfonamides is 1. The quantitative estimate of drug-likeness (QED) is 0.547. The number of nitrogens with zero attached hydrogens (tertiary/aromatic N) is 3. The minimum absolute atomic E-state index is 0.0910. The van der Waals surface area contributed by atoms with E-state index >= 15 is 0 Å². The van der Waals surface area contributed by atoms with Gasteiger partial charge in [-0.15, -0.1) is 11.3 Å². The summed E-state index contributed by atoms with van der Waals surface area (Å²) in [6, 6.07) is 12.5. The summed E-state index contributed by atoms with van der Waals surface area (Å²) >= 11 is 0.985. The summed E-state index contributed by atoms with van der Waals surface area (Å²) in [7, 11) is -2.48. The molecule has 31 heavy (non-hydrogen) atoms. The SMILES string of the molecule is COC(=O)c1csc(S(=O)(=O)N2CCN(C(=O)c3ccc(-n4cccc4)cc3)CC2)c1. The molecule has 0 bridgehead atoms. The number of methoxy groups -OCH3 is 1. The van der Waals surface area contributed by atoms with Gasteiger partial charge in [-0.3, -0.25) is 4.79 Å². The highest BCUT2D eigenvalue weighted by molar-refractivity contribution is 7.91. The molecule has 1 saturated heterocycles. The number of carbonyl (C=O) groups is 2. The third-order valence-electron chi connectivity index (χ3n) is 5.13. The Labute approximate surface area is 184 Å². The summed E-state index contributed by atoms with van der Waals surface area (Å²) in [6.45, 7) is 0.987. The lowest BCUT2D eigenvalue weighted by Crippen LogP contribution is -2.50. The van der Waals surface area contributed by atoms with Crippen molar-refractivity contribution in [2.75, 3.05) is 33.3 Å². The number of carbonyl (C=O) groups excluding carboxylic acids is 2. The van der Waals surface area contributed by atoms with E-state index < -0.39 is 16.0 Å². The zero-order chi connectivity index (χ0) is 22.0. The molecule has 162 valence electrons. The van der Waals surface area contributed by atoms with Crippen LogP contribution in [0, 0.1) is 0 Å². The van der Waals surface area contributed by atoms with Crippen molar-refractivity contribution in [3.63, 3.8) is 0 Å². The average Bonchev–Trinajstić information content (AvgIpc) is 3.51. The van der Waals surface area contributed by atoms with Crippen LogP contribution in [0.15, 0.2) is 64.4 Å². The molecule has 0 spiro atoms. The predicted octanol–water partition coefficient (Wildman–Crippen LogP) is 2.47. The fourth-order valence-electron chi connectivity index (χ4n) is 3.40. The van der Waals surface area contributed by atoms with E-state index in [4.69, 9.17) is 0 Å². The molecule has 1 aliphatic heterocycles. The monoisotopic (exact) mass is 459 g/mol. The van der Waals surface area contributed by atoms with Crippen LogP contribution >= 0.6 is 11.3 Å². The highest BCUT2D eigenvalue weighted by atomic mass is 32.2. The van der Waals surface area contributed by atoms with Gasteiger partial charge in [-0.25, -0.2) is 13.2 Å². The van der Waals surface area contributed by atoms with Crippen molar-refractivity contribution in [1.82, 2.24) is 13.8 Å². The van der Waals surface area contributed by atoms with Gasteiger partial charge in [-0.05, 0) is 42.5 Å². The number of hydrogen-bond donors (Lipinski definition) is 0. The Hall–Kier alpha value is -2.95. The van der Waals surface area contributed by atoms with Crippen LogP contribution in [0.1, 0.15) is 20.7 Å². The minimum Gasteiger partial charge on any atom is -0.465 e. The summed E-state index contributed by atoms with van der Waals surface area (Å²) in [5, 5.41) is 1.47. The second-order valence-corrected chi connectivity index (χ2v) is 10.1. The lowest BCUT2D eigenvalue weighted by Gasteiger charge is -2.33. The van der Waals surface area contributed by atoms with Crippen LogP contribution in [-0.4, -0.2) is 67.4 Å². The molecule has 0 N–H and O–H groups in total. The van der Waals surface area contributed by atoms with Crippen LogP contribution in [0.2, 0.25) is 0 Å². The zero-order valence-corrected chi connectivity index (χ0v) is 18.4. The van der Waals surface area contributed by atoms with Gasteiger partial charge in [0.05, 0.1) is 12.7 Å². The number of thiophene rings is 1. The summed E-state index contributed by atoms with van der Waals surface area (Å²) in [4.78, 5) is 26.1. The van der Waals surface area contributed by atoms with Crippen LogP contribution in [0.4, 0.5) is 0 Å². The average molecular weight is 460 g/mol. The van der Waals surface area contributed by atoms with Crippen molar-refractivity contribution >= 4 is 33.2 Å². The molecule has 0 saturated carbocycles. The standard InChI is InChI=1S/C21H21N3O5S2/c1-29-21(26)17-14-19(30-15-17)31(27,28)24-12-10-23(11-13-24)20(25)16-4-6-18(7-5-16)22-8-2-3-9-22/h2-9,14-15H,10-13H2,1H3. The summed E-state index contributed by atoms with van der Waals surface area (Å²) < 4.78 is 33.8. The van der Waals surface area contributed by atoms with Gasteiger partial charge in [0.15, 0.2) is 0 Å². The maximum absolute atomic E-state index is 12.9. The van der Waals surface area contributed by atoms with E-state index in [0.29, 0.717) is 18.7 Å². The van der Waals surface area contributed by atoms with E-state index in [-0.39, 0.29) is 28.8 Å². The van der Waals surface area contributed by atoms with Gasteiger partial charge in [0.1, 0.15) is 4.21 Å². The number of ether oxygens (including phenoxy) is 1. The van der Waals surface area contributed by atoms with E-state index in [1.165, 1.54) is 22.9 Å². The first-order valence-electron chi connectivity index (χ1n) is 9.60. The zero-order valence-electron chi connectivity index (χ0n) is 16.8. The van der Waals surface area contributed by atoms with Crippen LogP contribution in [0.25, 0.3) is 5.69 Å². The molecule has 0 atom stereocenters. The fourth-order valence-corrected chi connectivity index (χ4v) is 6.12. The van der Waals surface area contributed by atoms with Gasteiger partial charge in [-0.2, -0.15) is 4.31 Å². The molecule has 4 rings (SSSR count). The highest BCUT2D eigenvalue weighted by Crippen LogP contribution is 2.25. The number of piperazine rings is 1. The van der Waals surface area contributed by atoms with E-state index in [0.717, 1.165) is 17.0 Å². The van der Waals surface area contributed by atoms with Gasteiger partial charge < -0.3 is 14.2 Å². The first-order chi connectivity index (χ1) is 14.9. The van der Waals surface area contributed by atoms with Crippen LogP contribution in [-0.2, 0) is 14.8 Å². The molecule has 0 aliphatic carbocycles. The number of aromatic nitrogens is 1. The summed E-state index contributed by atoms with van der Waals surface area (Å²) in [5.41, 5.74) is 1.73. The number of amides is 1. The number of benzene rings is 1. The maximum Gasteiger partial charge on any atom is 0.338 e. The lowest BCUT2D eigenvalue weighted by molar-refractivity contribution is 0.0600. The van der Waals surface area contributed by atoms with Crippen molar-refractivity contribution in [2.24, 2.45) is 0 Å². The molecular weight excluding hydrogens is 438 g/mol. The fraction of sp³-hybridized carbons (Fsp3) is 0.238. The molecule has 8 nitrogen and oxygen atoms in total. The first-order valence-corrected chi connectivity index (χ1v) is 11.9. The van der Waals surface area contributed by atoms with Crippen molar-refractivity contribution in [3.8, 4) is 5.69 Å². The number of esters is 1. The van der Waals surface area contributed by atoms with Crippen molar-refractivity contribution in [1.29, 1.82) is 0 Å². The second-order valence-electron chi connectivity index (χ2n) is 6.98. The molecule has 3 heterocycles. The normalized spacial score (nSPS) is 15.1. The van der Waals surface area contributed by atoms with E-state index in [1.807, 2.05) is 41.2 Å². The topological polar surface area (TPSA) is 88.9 Å². The first kappa shape index (κ1) is 21.3. The Morgan fingerprint density at radius 3 is 2.23 bits per heavy atom. The van der Waals surface area contributed by atoms with Crippen LogP contribution in [0.3, 0.4) is 0 Å². The van der Waals surface area contributed by atoms with E-state index in [9.17, 15) is 18.0 Å². The Kier molecular flexibility index (Phi) is 5.94. The molecule has 1 aromatic carbocycles. The second kappa shape index (κ2) is 8.66. The highest BCUT2D eigenvalue weighted by Gasteiger charge is 2.32. The Balaban J connectivity index is 1.40. The van der Waals surface area contributed by atoms with Gasteiger partial charge in [-0.1, -0.05) is 0 Å². The summed E-state index contributed by atoms with van der Waals surface area (Å²) in [6.07, 6.45) is 3.86. The molecule has 0 radical (unpaired) electrons. The molecule has 1 fully saturated rings. The lowest BCUT2D eigenvalue weighted by atomic mass is 10.1. The van der Waals surface area contributed by atoms with E-state index in [1.54, 1.807) is 17.0 Å². The predicted molar refractivity (Wildman–Crippen MR) is 116 cm³/mol. The van der Waals surface area contributed by atoms with Gasteiger partial charge in [0.25, 0.3) is 15.9 Å². The molecular formula is C21H21N3O5S2. The van der Waals surface area contributed by atoms with E-state index in [2.05, 4.69) is 4.74 Å².